The quantitative estimate of drug-likeness (QED) is 0.787. The van der Waals surface area contributed by atoms with E-state index in [1.807, 2.05) is 6.92 Å². The van der Waals surface area contributed by atoms with Gasteiger partial charge in [-0.25, -0.2) is 4.79 Å². The number of rotatable bonds is 2. The van der Waals surface area contributed by atoms with Crippen molar-refractivity contribution in [2.75, 3.05) is 13.7 Å². The minimum Gasteiger partial charge on any atom is -0.460 e. The smallest absolute Gasteiger partial charge is 0.342 e. The lowest BCUT2D eigenvalue weighted by Gasteiger charge is -2.52. The molecule has 5 rings (SSSR count). The third kappa shape index (κ3) is 1.90. The van der Waals surface area contributed by atoms with E-state index in [4.69, 9.17) is 13.9 Å². The van der Waals surface area contributed by atoms with Gasteiger partial charge in [-0.3, -0.25) is 4.79 Å². The van der Waals surface area contributed by atoms with Gasteiger partial charge in [-0.1, -0.05) is 13.8 Å². The fourth-order valence-corrected chi connectivity index (χ4v) is 6.70. The summed E-state index contributed by atoms with van der Waals surface area (Å²) in [5, 5.41) is 10.7. The lowest BCUT2D eigenvalue weighted by Crippen LogP contribution is -2.55. The van der Waals surface area contributed by atoms with Crippen LogP contribution in [0.2, 0.25) is 0 Å². The molecule has 1 aromatic heterocycles. The summed E-state index contributed by atoms with van der Waals surface area (Å²) in [6.45, 7) is 6.51. The number of carbonyl (C=O) groups is 2. The van der Waals surface area contributed by atoms with Crippen LogP contribution in [0.4, 0.5) is 0 Å². The van der Waals surface area contributed by atoms with Crippen molar-refractivity contribution in [2.45, 2.75) is 57.7 Å². The Kier molecular flexibility index (Phi) is 3.61. The van der Waals surface area contributed by atoms with E-state index in [1.165, 1.54) is 6.26 Å². The van der Waals surface area contributed by atoms with E-state index in [0.29, 0.717) is 17.5 Å². The van der Waals surface area contributed by atoms with Crippen LogP contribution in [0.15, 0.2) is 21.8 Å². The highest BCUT2D eigenvalue weighted by Gasteiger charge is 2.62. The van der Waals surface area contributed by atoms with Crippen LogP contribution in [0.3, 0.4) is 0 Å². The zero-order valence-corrected chi connectivity index (χ0v) is 16.7. The lowest BCUT2D eigenvalue weighted by molar-refractivity contribution is -0.0299. The van der Waals surface area contributed by atoms with E-state index in [0.717, 1.165) is 24.0 Å². The molecule has 1 aliphatic heterocycles. The number of furan rings is 1. The number of hydrogen-bond donors (Lipinski definition) is 1. The van der Waals surface area contributed by atoms with Crippen LogP contribution < -0.4 is 0 Å². The van der Waals surface area contributed by atoms with Crippen LogP contribution in [0.1, 0.15) is 66.5 Å². The Balaban J connectivity index is 1.80. The molecule has 0 saturated heterocycles. The average molecular weight is 386 g/mol. The maximum absolute atomic E-state index is 13.6. The SMILES string of the molecule is COC[C@H]1OC(=O)c2coc3c2[C@@]1(C)C1=C(C3=O)[C@@H]2CCC(O)[C@@]2(C)CC1C. The molecule has 1 N–H and O–H groups in total. The zero-order valence-electron chi connectivity index (χ0n) is 16.7. The second-order valence-corrected chi connectivity index (χ2v) is 9.32. The molecule has 0 amide bonds. The lowest BCUT2D eigenvalue weighted by atomic mass is 9.52. The molecule has 0 aromatic carbocycles. The van der Waals surface area contributed by atoms with Gasteiger partial charge in [0.1, 0.15) is 17.9 Å². The highest BCUT2D eigenvalue weighted by atomic mass is 16.6. The maximum atomic E-state index is 13.6. The predicted molar refractivity (Wildman–Crippen MR) is 99.1 cm³/mol. The number of carbonyl (C=O) groups excluding carboxylic acids is 2. The number of aliphatic hydroxyl groups is 1. The van der Waals surface area contributed by atoms with Gasteiger partial charge in [-0.15, -0.1) is 0 Å². The Morgan fingerprint density at radius 2 is 2.04 bits per heavy atom. The monoisotopic (exact) mass is 386 g/mol. The summed E-state index contributed by atoms with van der Waals surface area (Å²) in [6.07, 6.45) is 2.70. The molecule has 1 saturated carbocycles. The molecular weight excluding hydrogens is 360 g/mol. The number of cyclic esters (lactones) is 1. The van der Waals surface area contributed by atoms with Gasteiger partial charge in [-0.05, 0) is 43.6 Å². The number of fused-ring (bicyclic) bond motifs is 3. The molecule has 150 valence electrons. The van der Waals surface area contributed by atoms with Gasteiger partial charge in [0, 0.05) is 23.7 Å². The molecule has 4 aliphatic rings. The van der Waals surface area contributed by atoms with E-state index in [1.54, 1.807) is 7.11 Å². The van der Waals surface area contributed by atoms with Crippen molar-refractivity contribution in [2.24, 2.45) is 17.3 Å². The highest BCUT2D eigenvalue weighted by molar-refractivity contribution is 6.13. The molecular formula is C22H26O6. The number of hydrogen-bond acceptors (Lipinski definition) is 6. The van der Waals surface area contributed by atoms with Crippen LogP contribution in [0.25, 0.3) is 0 Å². The van der Waals surface area contributed by atoms with E-state index in [2.05, 4.69) is 13.8 Å². The molecule has 2 unspecified atom stereocenters. The van der Waals surface area contributed by atoms with Gasteiger partial charge in [-0.2, -0.15) is 0 Å². The summed E-state index contributed by atoms with van der Waals surface area (Å²) in [6, 6.07) is 0. The number of Topliss-reactive ketones (excluding diaryl/α,β-unsaturated/α-hetero) is 1. The van der Waals surface area contributed by atoms with Gasteiger partial charge in [0.05, 0.1) is 18.1 Å². The third-order valence-electron chi connectivity index (χ3n) is 7.92. The Labute approximate surface area is 163 Å². The van der Waals surface area contributed by atoms with Gasteiger partial charge < -0.3 is 19.0 Å². The van der Waals surface area contributed by atoms with Crippen LogP contribution in [0, 0.1) is 17.3 Å². The van der Waals surface area contributed by atoms with Crippen molar-refractivity contribution in [3.63, 3.8) is 0 Å². The Morgan fingerprint density at radius 3 is 2.75 bits per heavy atom. The summed E-state index contributed by atoms with van der Waals surface area (Å²) in [7, 11) is 1.58. The van der Waals surface area contributed by atoms with Crippen LogP contribution in [0.5, 0.6) is 0 Å². The molecule has 6 nitrogen and oxygen atoms in total. The fraction of sp³-hybridized carbons (Fsp3) is 0.636. The van der Waals surface area contributed by atoms with Crippen molar-refractivity contribution < 1.29 is 28.6 Å². The number of aliphatic hydroxyl groups excluding tert-OH is 1. The van der Waals surface area contributed by atoms with Gasteiger partial charge >= 0.3 is 5.97 Å². The molecule has 6 atom stereocenters. The topological polar surface area (TPSA) is 86.0 Å². The molecule has 3 aliphatic carbocycles. The summed E-state index contributed by atoms with van der Waals surface area (Å²) in [5.41, 5.74) is 1.82. The molecule has 0 spiro atoms. The fourth-order valence-electron chi connectivity index (χ4n) is 6.70. The van der Waals surface area contributed by atoms with E-state index in [-0.39, 0.29) is 35.4 Å². The van der Waals surface area contributed by atoms with Crippen molar-refractivity contribution >= 4 is 11.8 Å². The van der Waals surface area contributed by atoms with Gasteiger partial charge in [0.2, 0.25) is 5.78 Å². The van der Waals surface area contributed by atoms with E-state index < -0.39 is 23.6 Å². The van der Waals surface area contributed by atoms with Crippen LogP contribution in [-0.4, -0.2) is 42.8 Å². The van der Waals surface area contributed by atoms with E-state index in [9.17, 15) is 14.7 Å². The third-order valence-corrected chi connectivity index (χ3v) is 7.92. The number of methoxy groups -OCH3 is 1. The number of ether oxygens (including phenoxy) is 2. The molecule has 6 heteroatoms. The zero-order chi connectivity index (χ0) is 20.0. The standard InChI is InChI=1S/C22H26O6/c1-10-7-21(2)12(5-6-13(21)23)15-16(10)22(3)14(9-26-4)28-20(25)11-8-27-19(17(11)22)18(15)24/h8,10,12-14,23H,5-7,9H2,1-4H3/t10?,12-,13?,14+,21-,22+/m0/s1. The average Bonchev–Trinajstić information content (AvgIpc) is 3.21. The Hall–Kier alpha value is -1.92. The first-order valence-electron chi connectivity index (χ1n) is 10.0. The largest absolute Gasteiger partial charge is 0.460 e. The highest BCUT2D eigenvalue weighted by Crippen LogP contribution is 2.63. The minimum absolute atomic E-state index is 0.0134. The summed E-state index contributed by atoms with van der Waals surface area (Å²) in [5.74, 6) is -0.278. The predicted octanol–water partition coefficient (Wildman–Crippen LogP) is 3.03. The van der Waals surface area contributed by atoms with Crippen molar-refractivity contribution in [1.29, 1.82) is 0 Å². The summed E-state index contributed by atoms with van der Waals surface area (Å²) >= 11 is 0. The maximum Gasteiger partial charge on any atom is 0.342 e. The first-order valence-corrected chi connectivity index (χ1v) is 10.0. The molecule has 1 aromatic rings. The van der Waals surface area contributed by atoms with Gasteiger partial charge in [0.25, 0.3) is 0 Å². The molecule has 0 radical (unpaired) electrons. The van der Waals surface area contributed by atoms with Crippen molar-refractivity contribution in [3.05, 3.63) is 34.3 Å². The molecule has 1 fully saturated rings. The Morgan fingerprint density at radius 1 is 1.29 bits per heavy atom. The first-order chi connectivity index (χ1) is 13.2. The minimum atomic E-state index is -0.668. The van der Waals surface area contributed by atoms with Gasteiger partial charge in [0.15, 0.2) is 5.76 Å². The number of ketones is 1. The number of esters is 1. The second-order valence-electron chi connectivity index (χ2n) is 9.32. The van der Waals surface area contributed by atoms with Crippen LogP contribution >= 0.6 is 0 Å². The normalized spacial score (nSPS) is 41.5. The summed E-state index contributed by atoms with van der Waals surface area (Å²) in [4.78, 5) is 26.1. The first kappa shape index (κ1) is 18.1. The second kappa shape index (κ2) is 5.57. The van der Waals surface area contributed by atoms with Crippen molar-refractivity contribution in [3.8, 4) is 0 Å². The molecule has 0 bridgehead atoms. The van der Waals surface area contributed by atoms with E-state index >= 15 is 0 Å². The summed E-state index contributed by atoms with van der Waals surface area (Å²) < 4.78 is 16.8. The number of allylic oxidation sites excluding steroid dienone is 1. The van der Waals surface area contributed by atoms with Crippen molar-refractivity contribution in [1.82, 2.24) is 0 Å². The molecule has 2 heterocycles. The Bertz CT molecular complexity index is 925. The van der Waals surface area contributed by atoms with Crippen LogP contribution in [-0.2, 0) is 14.9 Å². The molecule has 28 heavy (non-hydrogen) atoms.